The summed E-state index contributed by atoms with van der Waals surface area (Å²) in [5.74, 6) is -1.73. The normalized spacial score (nSPS) is 29.6. The molecule has 0 aromatic carbocycles. The zero-order valence-corrected chi connectivity index (χ0v) is 5.97. The second-order valence-electron chi connectivity index (χ2n) is 2.69. The van der Waals surface area contributed by atoms with Gasteiger partial charge in [0.05, 0.1) is 12.0 Å². The zero-order chi connectivity index (χ0) is 9.35. The van der Waals surface area contributed by atoms with E-state index in [-0.39, 0.29) is 12.8 Å². The van der Waals surface area contributed by atoms with E-state index in [9.17, 15) is 18.0 Å². The van der Waals surface area contributed by atoms with E-state index >= 15 is 0 Å². The number of aliphatic carboxylic acids is 1. The van der Waals surface area contributed by atoms with Crippen LogP contribution in [0, 0.1) is 5.92 Å². The van der Waals surface area contributed by atoms with Crippen molar-refractivity contribution in [3.05, 3.63) is 0 Å². The molecule has 0 heterocycles. The second-order valence-corrected chi connectivity index (χ2v) is 2.69. The molecule has 0 saturated heterocycles. The maximum atomic E-state index is 11.5. The Morgan fingerprint density at radius 2 is 1.92 bits per heavy atom. The molecule has 0 atom stereocenters. The van der Waals surface area contributed by atoms with Crippen molar-refractivity contribution in [2.24, 2.45) is 5.92 Å². The highest BCUT2D eigenvalue weighted by atomic mass is 19.4. The number of halogens is 3. The average Bonchev–Trinajstić information content (AvgIpc) is 1.74. The molecule has 70 valence electrons. The summed E-state index contributed by atoms with van der Waals surface area (Å²) in [6.07, 6.45) is -5.70. The van der Waals surface area contributed by atoms with Crippen LogP contribution in [0.15, 0.2) is 0 Å². The van der Waals surface area contributed by atoms with E-state index in [0.29, 0.717) is 0 Å². The third-order valence-electron chi connectivity index (χ3n) is 1.74. The quantitative estimate of drug-likeness (QED) is 0.705. The molecule has 0 aromatic rings. The smallest absolute Gasteiger partial charge is 0.481 e. The van der Waals surface area contributed by atoms with Gasteiger partial charge in [0.1, 0.15) is 0 Å². The van der Waals surface area contributed by atoms with Crippen molar-refractivity contribution < 1.29 is 27.8 Å². The van der Waals surface area contributed by atoms with Gasteiger partial charge in [0.2, 0.25) is 0 Å². The Hall–Kier alpha value is -0.780. The summed E-state index contributed by atoms with van der Waals surface area (Å²) < 4.78 is 38.0. The summed E-state index contributed by atoms with van der Waals surface area (Å²) in [7, 11) is 0. The van der Waals surface area contributed by atoms with Crippen LogP contribution < -0.4 is 0 Å². The van der Waals surface area contributed by atoms with Crippen molar-refractivity contribution in [2.45, 2.75) is 25.3 Å². The minimum atomic E-state index is -4.64. The SMILES string of the molecule is O=C(O)C1CC(OC(F)(F)F)C1. The molecule has 0 unspecified atom stereocenters. The van der Waals surface area contributed by atoms with Crippen LogP contribution >= 0.6 is 0 Å². The molecular formula is C6H7F3O3. The number of rotatable bonds is 2. The summed E-state index contributed by atoms with van der Waals surface area (Å²) in [6, 6.07) is 0. The first-order valence-corrected chi connectivity index (χ1v) is 3.36. The maximum absolute atomic E-state index is 11.5. The van der Waals surface area contributed by atoms with Gasteiger partial charge in [0.15, 0.2) is 0 Å². The lowest BCUT2D eigenvalue weighted by Crippen LogP contribution is -2.39. The van der Waals surface area contributed by atoms with E-state index in [1.165, 1.54) is 0 Å². The number of carboxylic acid groups (broad SMARTS) is 1. The van der Waals surface area contributed by atoms with Crippen LogP contribution in [0.3, 0.4) is 0 Å². The summed E-state index contributed by atoms with van der Waals surface area (Å²) in [5.41, 5.74) is 0. The second kappa shape index (κ2) is 2.93. The number of carbonyl (C=O) groups is 1. The van der Waals surface area contributed by atoms with Crippen LogP contribution in [0.2, 0.25) is 0 Å². The van der Waals surface area contributed by atoms with Gasteiger partial charge in [-0.2, -0.15) is 0 Å². The first-order valence-electron chi connectivity index (χ1n) is 3.36. The van der Waals surface area contributed by atoms with Crippen LogP contribution in [0.4, 0.5) is 13.2 Å². The van der Waals surface area contributed by atoms with Gasteiger partial charge in [0, 0.05) is 0 Å². The molecule has 12 heavy (non-hydrogen) atoms. The Morgan fingerprint density at radius 1 is 1.42 bits per heavy atom. The largest absolute Gasteiger partial charge is 0.522 e. The topological polar surface area (TPSA) is 46.5 Å². The third kappa shape index (κ3) is 2.37. The van der Waals surface area contributed by atoms with Crippen molar-refractivity contribution in [1.82, 2.24) is 0 Å². The van der Waals surface area contributed by atoms with E-state index in [0.717, 1.165) is 0 Å². The Morgan fingerprint density at radius 3 is 2.25 bits per heavy atom. The molecule has 0 spiro atoms. The van der Waals surface area contributed by atoms with Crippen molar-refractivity contribution in [1.29, 1.82) is 0 Å². The summed E-state index contributed by atoms with van der Waals surface area (Å²) >= 11 is 0. The fourth-order valence-electron chi connectivity index (χ4n) is 1.05. The Bertz CT molecular complexity index is 183. The molecule has 1 rings (SSSR count). The van der Waals surface area contributed by atoms with E-state index in [4.69, 9.17) is 5.11 Å². The first-order chi connectivity index (χ1) is 5.38. The highest BCUT2D eigenvalue weighted by Gasteiger charge is 2.42. The van der Waals surface area contributed by atoms with Crippen molar-refractivity contribution in [2.75, 3.05) is 0 Å². The van der Waals surface area contributed by atoms with E-state index in [2.05, 4.69) is 4.74 Å². The lowest BCUT2D eigenvalue weighted by Gasteiger charge is -2.32. The van der Waals surface area contributed by atoms with Gasteiger partial charge in [-0.05, 0) is 12.8 Å². The minimum Gasteiger partial charge on any atom is -0.481 e. The van der Waals surface area contributed by atoms with Crippen LogP contribution in [0.25, 0.3) is 0 Å². The molecule has 3 nitrogen and oxygen atoms in total. The molecular weight excluding hydrogens is 177 g/mol. The molecule has 1 fully saturated rings. The zero-order valence-electron chi connectivity index (χ0n) is 5.97. The number of ether oxygens (including phenoxy) is 1. The highest BCUT2D eigenvalue weighted by molar-refractivity contribution is 5.71. The predicted octanol–water partition coefficient (Wildman–Crippen LogP) is 1.39. The molecule has 1 saturated carbocycles. The Balaban J connectivity index is 2.22. The Kier molecular flexibility index (Phi) is 2.27. The van der Waals surface area contributed by atoms with E-state index in [1.807, 2.05) is 0 Å². The minimum absolute atomic E-state index is 0.0468. The number of hydrogen-bond donors (Lipinski definition) is 1. The lowest BCUT2D eigenvalue weighted by atomic mass is 9.82. The fraction of sp³-hybridized carbons (Fsp3) is 0.833. The maximum Gasteiger partial charge on any atom is 0.522 e. The first kappa shape index (κ1) is 9.31. The standard InChI is InChI=1S/C6H7F3O3/c7-6(8,9)12-4-1-3(2-4)5(10)11/h3-4H,1-2H2,(H,10,11). The molecule has 0 amide bonds. The average molecular weight is 184 g/mol. The number of carboxylic acids is 1. The van der Waals surface area contributed by atoms with Crippen LogP contribution in [0.1, 0.15) is 12.8 Å². The molecule has 1 N–H and O–H groups in total. The molecule has 0 bridgehead atoms. The van der Waals surface area contributed by atoms with E-state index in [1.54, 1.807) is 0 Å². The monoisotopic (exact) mass is 184 g/mol. The van der Waals surface area contributed by atoms with Gasteiger partial charge in [-0.1, -0.05) is 0 Å². The summed E-state index contributed by atoms with van der Waals surface area (Å²) in [6.45, 7) is 0. The van der Waals surface area contributed by atoms with Crippen LogP contribution in [-0.4, -0.2) is 23.5 Å². The molecule has 1 aliphatic carbocycles. The molecule has 0 radical (unpaired) electrons. The van der Waals surface area contributed by atoms with E-state index < -0.39 is 24.4 Å². The fourth-order valence-corrected chi connectivity index (χ4v) is 1.05. The van der Waals surface area contributed by atoms with Crippen LogP contribution in [-0.2, 0) is 9.53 Å². The molecule has 0 aromatic heterocycles. The van der Waals surface area contributed by atoms with Crippen molar-refractivity contribution in [3.63, 3.8) is 0 Å². The van der Waals surface area contributed by atoms with Crippen molar-refractivity contribution >= 4 is 5.97 Å². The predicted molar refractivity (Wildman–Crippen MR) is 31.3 cm³/mol. The summed E-state index contributed by atoms with van der Waals surface area (Å²) in [4.78, 5) is 10.2. The molecule has 0 aliphatic heterocycles. The van der Waals surface area contributed by atoms with Gasteiger partial charge in [-0.25, -0.2) is 0 Å². The van der Waals surface area contributed by atoms with Gasteiger partial charge in [0.25, 0.3) is 0 Å². The molecule has 6 heteroatoms. The third-order valence-corrected chi connectivity index (χ3v) is 1.74. The van der Waals surface area contributed by atoms with Crippen molar-refractivity contribution in [3.8, 4) is 0 Å². The van der Waals surface area contributed by atoms with Gasteiger partial charge < -0.3 is 5.11 Å². The van der Waals surface area contributed by atoms with Gasteiger partial charge in [-0.15, -0.1) is 13.2 Å². The number of hydrogen-bond acceptors (Lipinski definition) is 2. The highest BCUT2D eigenvalue weighted by Crippen LogP contribution is 2.34. The summed E-state index contributed by atoms with van der Waals surface area (Å²) in [5, 5.41) is 8.31. The lowest BCUT2D eigenvalue weighted by molar-refractivity contribution is -0.353. The van der Waals surface area contributed by atoms with Gasteiger partial charge in [-0.3, -0.25) is 9.53 Å². The van der Waals surface area contributed by atoms with Crippen LogP contribution in [0.5, 0.6) is 0 Å². The Labute approximate surface area is 66.1 Å². The van der Waals surface area contributed by atoms with Gasteiger partial charge >= 0.3 is 12.3 Å². The number of alkyl halides is 3. The molecule has 1 aliphatic rings.